The van der Waals surface area contributed by atoms with Gasteiger partial charge in [0.2, 0.25) is 0 Å². The fraction of sp³-hybridized carbons (Fsp3) is 0.538. The van der Waals surface area contributed by atoms with Crippen LogP contribution >= 0.6 is 11.3 Å². The van der Waals surface area contributed by atoms with Crippen LogP contribution in [0.3, 0.4) is 0 Å². The molecular formula is C13H18N4S. The standard InChI is InChI=1S/C13H18N4S/c1-13(3-4-14-8-13)12-6-15-9-17(12)5-2-11-7-18-10-16-11/h6-7,9-10,14H,2-5,8H2,1H3. The first-order valence-corrected chi connectivity index (χ1v) is 7.31. The van der Waals surface area contributed by atoms with E-state index in [1.807, 2.05) is 18.0 Å². The summed E-state index contributed by atoms with van der Waals surface area (Å²) in [6.07, 6.45) is 6.14. The number of nitrogens with one attached hydrogen (secondary N) is 1. The maximum absolute atomic E-state index is 4.33. The van der Waals surface area contributed by atoms with Gasteiger partial charge in [0.15, 0.2) is 0 Å². The van der Waals surface area contributed by atoms with Crippen molar-refractivity contribution in [3.8, 4) is 0 Å². The molecule has 3 heterocycles. The fourth-order valence-corrected chi connectivity index (χ4v) is 3.23. The van der Waals surface area contributed by atoms with Crippen LogP contribution in [0.15, 0.2) is 23.4 Å². The second-order valence-electron chi connectivity index (χ2n) is 5.19. The lowest BCUT2D eigenvalue weighted by Crippen LogP contribution is -2.28. The molecule has 1 aliphatic heterocycles. The predicted molar refractivity (Wildman–Crippen MR) is 72.9 cm³/mol. The number of hydrogen-bond donors (Lipinski definition) is 1. The van der Waals surface area contributed by atoms with Crippen molar-refractivity contribution in [2.75, 3.05) is 13.1 Å². The van der Waals surface area contributed by atoms with E-state index in [9.17, 15) is 0 Å². The highest BCUT2D eigenvalue weighted by atomic mass is 32.1. The summed E-state index contributed by atoms with van der Waals surface area (Å²) in [5.74, 6) is 0. The van der Waals surface area contributed by atoms with Gasteiger partial charge in [-0.05, 0) is 13.0 Å². The Morgan fingerprint density at radius 3 is 3.22 bits per heavy atom. The molecule has 3 rings (SSSR count). The van der Waals surface area contributed by atoms with Crippen LogP contribution in [0.1, 0.15) is 24.7 Å². The average molecular weight is 262 g/mol. The minimum Gasteiger partial charge on any atom is -0.334 e. The average Bonchev–Trinajstić information content (AvgIpc) is 3.08. The topological polar surface area (TPSA) is 42.7 Å². The zero-order chi connectivity index (χ0) is 12.4. The van der Waals surface area contributed by atoms with Gasteiger partial charge in [-0.25, -0.2) is 9.97 Å². The number of thiazole rings is 1. The highest BCUT2D eigenvalue weighted by Crippen LogP contribution is 2.29. The van der Waals surface area contributed by atoms with E-state index in [1.54, 1.807) is 11.3 Å². The summed E-state index contributed by atoms with van der Waals surface area (Å²) < 4.78 is 2.28. The minimum absolute atomic E-state index is 0.235. The molecular weight excluding hydrogens is 244 g/mol. The highest BCUT2D eigenvalue weighted by molar-refractivity contribution is 7.07. The predicted octanol–water partition coefficient (Wildman–Crippen LogP) is 1.83. The van der Waals surface area contributed by atoms with Crippen LogP contribution in [0.25, 0.3) is 0 Å². The second kappa shape index (κ2) is 4.82. The Morgan fingerprint density at radius 1 is 1.56 bits per heavy atom. The molecule has 0 saturated carbocycles. The van der Waals surface area contributed by atoms with Gasteiger partial charge in [0.1, 0.15) is 0 Å². The van der Waals surface area contributed by atoms with Crippen LogP contribution in [0, 0.1) is 0 Å². The normalized spacial score (nSPS) is 23.6. The third-order valence-corrected chi connectivity index (χ3v) is 4.43. The Balaban J connectivity index is 1.75. The maximum atomic E-state index is 4.33. The van der Waals surface area contributed by atoms with E-state index in [0.29, 0.717) is 0 Å². The van der Waals surface area contributed by atoms with Gasteiger partial charge in [0.05, 0.1) is 17.5 Å². The van der Waals surface area contributed by atoms with Crippen molar-refractivity contribution in [3.05, 3.63) is 34.8 Å². The van der Waals surface area contributed by atoms with E-state index in [-0.39, 0.29) is 5.41 Å². The summed E-state index contributed by atoms with van der Waals surface area (Å²) in [4.78, 5) is 8.66. The number of nitrogens with zero attached hydrogens (tertiary/aromatic N) is 3. The summed E-state index contributed by atoms with van der Waals surface area (Å²) >= 11 is 1.66. The molecule has 1 atom stereocenters. The zero-order valence-electron chi connectivity index (χ0n) is 10.6. The van der Waals surface area contributed by atoms with Gasteiger partial charge in [-0.3, -0.25) is 0 Å². The second-order valence-corrected chi connectivity index (χ2v) is 5.91. The molecule has 1 saturated heterocycles. The van der Waals surface area contributed by atoms with E-state index in [0.717, 1.165) is 26.1 Å². The van der Waals surface area contributed by atoms with E-state index >= 15 is 0 Å². The molecule has 0 aliphatic carbocycles. The first-order valence-electron chi connectivity index (χ1n) is 6.36. The summed E-state index contributed by atoms with van der Waals surface area (Å²) in [7, 11) is 0. The van der Waals surface area contributed by atoms with Gasteiger partial charge in [0.25, 0.3) is 0 Å². The minimum atomic E-state index is 0.235. The van der Waals surface area contributed by atoms with E-state index in [1.165, 1.54) is 17.8 Å². The quantitative estimate of drug-likeness (QED) is 0.914. The van der Waals surface area contributed by atoms with Crippen LogP contribution in [-0.4, -0.2) is 27.6 Å². The number of aromatic nitrogens is 3. The Morgan fingerprint density at radius 2 is 2.50 bits per heavy atom. The van der Waals surface area contributed by atoms with Crippen molar-refractivity contribution in [2.45, 2.75) is 31.7 Å². The third-order valence-electron chi connectivity index (χ3n) is 3.79. The molecule has 0 spiro atoms. The van der Waals surface area contributed by atoms with Gasteiger partial charge in [-0.1, -0.05) is 6.92 Å². The molecule has 0 radical (unpaired) electrons. The van der Waals surface area contributed by atoms with Gasteiger partial charge in [0, 0.05) is 42.2 Å². The monoisotopic (exact) mass is 262 g/mol. The molecule has 4 nitrogen and oxygen atoms in total. The van der Waals surface area contributed by atoms with Crippen LogP contribution in [0.2, 0.25) is 0 Å². The summed E-state index contributed by atoms with van der Waals surface area (Å²) in [5.41, 5.74) is 4.65. The number of hydrogen-bond acceptors (Lipinski definition) is 4. The zero-order valence-corrected chi connectivity index (χ0v) is 11.4. The summed E-state index contributed by atoms with van der Waals surface area (Å²) in [6.45, 7) is 5.45. The van der Waals surface area contributed by atoms with Gasteiger partial charge < -0.3 is 9.88 Å². The molecule has 0 bridgehead atoms. The fourth-order valence-electron chi connectivity index (χ4n) is 2.63. The van der Waals surface area contributed by atoms with Crippen LogP contribution in [-0.2, 0) is 18.4 Å². The van der Waals surface area contributed by atoms with E-state index in [2.05, 4.69) is 32.2 Å². The van der Waals surface area contributed by atoms with Gasteiger partial charge in [-0.15, -0.1) is 11.3 Å². The van der Waals surface area contributed by atoms with Crippen LogP contribution < -0.4 is 5.32 Å². The molecule has 1 fully saturated rings. The number of imidazole rings is 1. The van der Waals surface area contributed by atoms with Crippen LogP contribution in [0.4, 0.5) is 0 Å². The van der Waals surface area contributed by atoms with Crippen LogP contribution in [0.5, 0.6) is 0 Å². The molecule has 5 heteroatoms. The molecule has 1 aliphatic rings. The van der Waals surface area contributed by atoms with Crippen molar-refractivity contribution in [1.82, 2.24) is 19.9 Å². The number of aryl methyl sites for hydroxylation is 2. The Labute approximate surface area is 111 Å². The van der Waals surface area contributed by atoms with Crippen molar-refractivity contribution in [2.24, 2.45) is 0 Å². The van der Waals surface area contributed by atoms with Crippen molar-refractivity contribution in [3.63, 3.8) is 0 Å². The summed E-state index contributed by atoms with van der Waals surface area (Å²) in [5, 5.41) is 5.57. The number of rotatable bonds is 4. The molecule has 2 aromatic rings. The molecule has 0 amide bonds. The molecule has 18 heavy (non-hydrogen) atoms. The molecule has 0 aromatic carbocycles. The first kappa shape index (κ1) is 11.9. The highest BCUT2D eigenvalue weighted by Gasteiger charge is 2.33. The molecule has 96 valence electrons. The lowest BCUT2D eigenvalue weighted by Gasteiger charge is -2.24. The van der Waals surface area contributed by atoms with E-state index < -0.39 is 0 Å². The van der Waals surface area contributed by atoms with Crippen molar-refractivity contribution >= 4 is 11.3 Å². The first-order chi connectivity index (χ1) is 8.78. The maximum Gasteiger partial charge on any atom is 0.0948 e. The molecule has 2 aromatic heterocycles. The lowest BCUT2D eigenvalue weighted by molar-refractivity contribution is 0.471. The Kier molecular flexibility index (Phi) is 3.18. The Bertz CT molecular complexity index is 497. The Hall–Kier alpha value is -1.20. The molecule has 1 unspecified atom stereocenters. The van der Waals surface area contributed by atoms with Gasteiger partial charge in [-0.2, -0.15) is 0 Å². The van der Waals surface area contributed by atoms with Gasteiger partial charge >= 0.3 is 0 Å². The van der Waals surface area contributed by atoms with E-state index in [4.69, 9.17) is 0 Å². The van der Waals surface area contributed by atoms with Crippen molar-refractivity contribution in [1.29, 1.82) is 0 Å². The van der Waals surface area contributed by atoms with Crippen molar-refractivity contribution < 1.29 is 0 Å². The molecule has 1 N–H and O–H groups in total. The summed E-state index contributed by atoms with van der Waals surface area (Å²) in [6, 6.07) is 0. The smallest absolute Gasteiger partial charge is 0.0948 e. The third kappa shape index (κ3) is 2.20. The largest absolute Gasteiger partial charge is 0.334 e. The SMILES string of the molecule is CC1(c2cncn2CCc2cscn2)CCNC1. The lowest BCUT2D eigenvalue weighted by atomic mass is 9.86.